The van der Waals surface area contributed by atoms with Crippen molar-refractivity contribution in [3.05, 3.63) is 64.7 Å². The number of nitrogens with one attached hydrogen (secondary N) is 1. The minimum atomic E-state index is -0.255. The number of benzene rings is 2. The first-order valence-corrected chi connectivity index (χ1v) is 8.87. The average Bonchev–Trinajstić information content (AvgIpc) is 2.97. The number of halogens is 1. The maximum atomic E-state index is 12.1. The van der Waals surface area contributed by atoms with E-state index in [0.717, 1.165) is 16.9 Å². The molecule has 0 unspecified atom stereocenters. The molecule has 1 amide bonds. The molecule has 0 aliphatic carbocycles. The number of carbonyl (C=O) groups excluding carboxylic acids is 1. The quantitative estimate of drug-likeness (QED) is 0.644. The normalized spacial score (nSPS) is 18.7. The molecule has 3 rings (SSSR count). The molecule has 25 heavy (non-hydrogen) atoms. The van der Waals surface area contributed by atoms with Crippen LogP contribution in [0.25, 0.3) is 0 Å². The van der Waals surface area contributed by atoms with Crippen molar-refractivity contribution in [1.82, 2.24) is 5.32 Å². The summed E-state index contributed by atoms with van der Waals surface area (Å²) in [6, 6.07) is 15.0. The van der Waals surface area contributed by atoms with E-state index >= 15 is 0 Å². The monoisotopic (exact) mass is 373 g/mol. The highest BCUT2D eigenvalue weighted by molar-refractivity contribution is 8.15. The third kappa shape index (κ3) is 4.61. The molecule has 0 aromatic heterocycles. The number of thioether (sulfide) groups is 1. The van der Waals surface area contributed by atoms with E-state index in [4.69, 9.17) is 16.3 Å². The summed E-state index contributed by atoms with van der Waals surface area (Å²) in [6.07, 6.45) is 2.18. The van der Waals surface area contributed by atoms with Crippen LogP contribution in [0.3, 0.4) is 0 Å². The van der Waals surface area contributed by atoms with E-state index in [1.165, 1.54) is 11.8 Å². The molecule has 1 aliphatic rings. The molecular weight excluding hydrogens is 358 g/mol. The SMILES string of the molecule is COc1ccc(/C=N/N=C2/NC(=O)[C@H](Cc3ccccc3Cl)S2)cc1. The van der Waals surface area contributed by atoms with E-state index in [2.05, 4.69) is 15.5 Å². The first-order chi connectivity index (χ1) is 12.2. The van der Waals surface area contributed by atoms with Crippen molar-refractivity contribution in [2.75, 3.05) is 7.11 Å². The van der Waals surface area contributed by atoms with Gasteiger partial charge >= 0.3 is 0 Å². The van der Waals surface area contributed by atoms with Crippen molar-refractivity contribution >= 4 is 40.7 Å². The van der Waals surface area contributed by atoms with Gasteiger partial charge in [-0.1, -0.05) is 41.6 Å². The van der Waals surface area contributed by atoms with Gasteiger partial charge in [-0.25, -0.2) is 0 Å². The Balaban J connectivity index is 1.62. The van der Waals surface area contributed by atoms with Gasteiger partial charge in [0.05, 0.1) is 18.6 Å². The lowest BCUT2D eigenvalue weighted by Crippen LogP contribution is -2.26. The standard InChI is InChI=1S/C18H16ClN3O2S/c1-24-14-8-6-12(7-9-14)11-20-22-18-21-17(23)16(25-18)10-13-4-2-3-5-15(13)19/h2-9,11,16H,10H2,1H3,(H,21,22,23)/b20-11+/t16-/m0/s1. The number of nitrogens with zero attached hydrogens (tertiary/aromatic N) is 2. The fraction of sp³-hybridized carbons (Fsp3) is 0.167. The third-order valence-corrected chi connectivity index (χ3v) is 5.05. The molecule has 1 atom stereocenters. The van der Waals surface area contributed by atoms with Crippen LogP contribution in [0.1, 0.15) is 11.1 Å². The Kier molecular flexibility index (Phi) is 5.73. The van der Waals surface area contributed by atoms with E-state index < -0.39 is 0 Å². The van der Waals surface area contributed by atoms with Gasteiger partial charge in [0, 0.05) is 5.02 Å². The largest absolute Gasteiger partial charge is 0.497 e. The predicted molar refractivity (Wildman–Crippen MR) is 103 cm³/mol. The molecule has 1 heterocycles. The summed E-state index contributed by atoms with van der Waals surface area (Å²) in [4.78, 5) is 12.1. The van der Waals surface area contributed by atoms with Crippen LogP contribution in [-0.2, 0) is 11.2 Å². The number of amides is 1. The fourth-order valence-corrected chi connectivity index (χ4v) is 3.45. The van der Waals surface area contributed by atoms with Gasteiger partial charge in [0.2, 0.25) is 5.91 Å². The molecule has 2 aromatic carbocycles. The second-order valence-electron chi connectivity index (χ2n) is 5.31. The van der Waals surface area contributed by atoms with E-state index in [1.54, 1.807) is 13.3 Å². The van der Waals surface area contributed by atoms with Gasteiger partial charge in [-0.05, 0) is 47.9 Å². The first-order valence-electron chi connectivity index (χ1n) is 7.61. The Hall–Kier alpha value is -2.31. The van der Waals surface area contributed by atoms with Crippen molar-refractivity contribution in [1.29, 1.82) is 0 Å². The summed E-state index contributed by atoms with van der Waals surface area (Å²) < 4.78 is 5.10. The fourth-order valence-electron chi connectivity index (χ4n) is 2.29. The van der Waals surface area contributed by atoms with Crippen molar-refractivity contribution < 1.29 is 9.53 Å². The predicted octanol–water partition coefficient (Wildman–Crippen LogP) is 3.51. The highest BCUT2D eigenvalue weighted by Crippen LogP contribution is 2.26. The van der Waals surface area contributed by atoms with E-state index in [1.807, 2.05) is 48.5 Å². The summed E-state index contributed by atoms with van der Waals surface area (Å²) >= 11 is 7.52. The highest BCUT2D eigenvalue weighted by Gasteiger charge is 2.30. The van der Waals surface area contributed by atoms with Crippen LogP contribution in [0, 0.1) is 0 Å². The third-order valence-electron chi connectivity index (χ3n) is 3.61. The Labute approximate surface area is 155 Å². The van der Waals surface area contributed by atoms with E-state index in [0.29, 0.717) is 16.6 Å². The Morgan fingerprint density at radius 2 is 2.00 bits per heavy atom. The summed E-state index contributed by atoms with van der Waals surface area (Å²) in [5, 5.41) is 11.8. The summed E-state index contributed by atoms with van der Waals surface area (Å²) in [5.41, 5.74) is 1.84. The van der Waals surface area contributed by atoms with Crippen molar-refractivity contribution in [2.24, 2.45) is 10.2 Å². The maximum Gasteiger partial charge on any atom is 0.239 e. The van der Waals surface area contributed by atoms with Gasteiger partial charge in [-0.2, -0.15) is 5.10 Å². The molecule has 1 aliphatic heterocycles. The number of carbonyl (C=O) groups is 1. The second kappa shape index (κ2) is 8.18. The van der Waals surface area contributed by atoms with Crippen molar-refractivity contribution in [2.45, 2.75) is 11.7 Å². The van der Waals surface area contributed by atoms with Crippen LogP contribution in [0.5, 0.6) is 5.75 Å². The minimum Gasteiger partial charge on any atom is -0.497 e. The molecule has 5 nitrogen and oxygen atoms in total. The van der Waals surface area contributed by atoms with Gasteiger partial charge in [0.1, 0.15) is 5.75 Å². The number of ether oxygens (including phenoxy) is 1. The molecule has 0 saturated carbocycles. The van der Waals surface area contributed by atoms with Gasteiger partial charge in [-0.3, -0.25) is 4.79 Å². The summed E-state index contributed by atoms with van der Waals surface area (Å²) in [7, 11) is 1.62. The minimum absolute atomic E-state index is 0.0803. The topological polar surface area (TPSA) is 63.1 Å². The van der Waals surface area contributed by atoms with Crippen LogP contribution in [0.4, 0.5) is 0 Å². The zero-order valence-electron chi connectivity index (χ0n) is 13.5. The number of rotatable bonds is 5. The molecule has 1 saturated heterocycles. The van der Waals surface area contributed by atoms with Gasteiger partial charge < -0.3 is 10.1 Å². The van der Waals surface area contributed by atoms with Crippen LogP contribution in [-0.4, -0.2) is 29.6 Å². The maximum absolute atomic E-state index is 12.1. The Morgan fingerprint density at radius 1 is 1.24 bits per heavy atom. The zero-order chi connectivity index (χ0) is 17.6. The molecule has 1 fully saturated rings. The van der Waals surface area contributed by atoms with Gasteiger partial charge in [0.15, 0.2) is 5.17 Å². The van der Waals surface area contributed by atoms with Crippen LogP contribution >= 0.6 is 23.4 Å². The van der Waals surface area contributed by atoms with Gasteiger partial charge in [0.25, 0.3) is 0 Å². The number of amidine groups is 1. The molecule has 0 spiro atoms. The van der Waals surface area contributed by atoms with E-state index in [-0.39, 0.29) is 11.2 Å². The number of hydrogen-bond donors (Lipinski definition) is 1. The van der Waals surface area contributed by atoms with Crippen LogP contribution in [0.15, 0.2) is 58.7 Å². The van der Waals surface area contributed by atoms with Crippen molar-refractivity contribution in [3.63, 3.8) is 0 Å². The van der Waals surface area contributed by atoms with Gasteiger partial charge in [-0.15, -0.1) is 5.10 Å². The molecule has 0 radical (unpaired) electrons. The zero-order valence-corrected chi connectivity index (χ0v) is 15.1. The molecule has 2 aromatic rings. The molecule has 128 valence electrons. The first kappa shape index (κ1) is 17.5. The lowest BCUT2D eigenvalue weighted by atomic mass is 10.1. The van der Waals surface area contributed by atoms with Crippen LogP contribution in [0.2, 0.25) is 5.02 Å². The average molecular weight is 374 g/mol. The Bertz CT molecular complexity index is 821. The second-order valence-corrected chi connectivity index (χ2v) is 6.91. The highest BCUT2D eigenvalue weighted by atomic mass is 35.5. The molecule has 0 bridgehead atoms. The molecule has 7 heteroatoms. The molecule has 1 N–H and O–H groups in total. The lowest BCUT2D eigenvalue weighted by Gasteiger charge is -2.06. The lowest BCUT2D eigenvalue weighted by molar-refractivity contribution is -0.118. The number of hydrogen-bond acceptors (Lipinski definition) is 5. The van der Waals surface area contributed by atoms with Crippen molar-refractivity contribution in [3.8, 4) is 5.75 Å². The Morgan fingerprint density at radius 3 is 2.72 bits per heavy atom. The smallest absolute Gasteiger partial charge is 0.239 e. The number of methoxy groups -OCH3 is 1. The molecular formula is C18H16ClN3O2S. The summed E-state index contributed by atoms with van der Waals surface area (Å²) in [5.74, 6) is 0.702. The summed E-state index contributed by atoms with van der Waals surface area (Å²) in [6.45, 7) is 0. The van der Waals surface area contributed by atoms with E-state index in [9.17, 15) is 4.79 Å². The van der Waals surface area contributed by atoms with Crippen LogP contribution < -0.4 is 10.1 Å².